The van der Waals surface area contributed by atoms with Crippen LogP contribution in [0.1, 0.15) is 45.3 Å². The fourth-order valence-electron chi connectivity index (χ4n) is 1.12. The van der Waals surface area contributed by atoms with Crippen LogP contribution in [0.15, 0.2) is 6.20 Å². The monoisotopic (exact) mass is 195 g/mol. The zero-order valence-corrected chi connectivity index (χ0v) is 9.03. The Balaban J connectivity index is 2.48. The molecule has 0 saturated heterocycles. The number of carbonyl (C=O) groups is 1. The van der Waals surface area contributed by atoms with Gasteiger partial charge in [-0.3, -0.25) is 4.79 Å². The molecule has 1 aromatic rings. The third-order valence-corrected chi connectivity index (χ3v) is 2.14. The van der Waals surface area contributed by atoms with E-state index in [4.69, 9.17) is 0 Å². The summed E-state index contributed by atoms with van der Waals surface area (Å²) in [5.41, 5.74) is 0.903. The Kier molecular flexibility index (Phi) is 3.80. The van der Waals surface area contributed by atoms with E-state index < -0.39 is 0 Å². The Hall–Kier alpha value is -1.19. The topological polar surface area (TPSA) is 47.8 Å². The summed E-state index contributed by atoms with van der Waals surface area (Å²) in [5.74, 6) is 0.282. The number of ketones is 1. The van der Waals surface area contributed by atoms with Gasteiger partial charge in [-0.25, -0.2) is 4.68 Å². The van der Waals surface area contributed by atoms with Crippen LogP contribution in [0.5, 0.6) is 0 Å². The highest BCUT2D eigenvalue weighted by atomic mass is 16.1. The number of Topliss-reactive ketones (excluding diaryl/α,β-unsaturated/α-hetero) is 1. The number of aromatic nitrogens is 3. The van der Waals surface area contributed by atoms with Crippen LogP contribution in [0.3, 0.4) is 0 Å². The Morgan fingerprint density at radius 3 is 2.79 bits per heavy atom. The summed E-state index contributed by atoms with van der Waals surface area (Å²) in [6.07, 6.45) is 3.80. The van der Waals surface area contributed by atoms with E-state index in [2.05, 4.69) is 24.2 Å². The number of carbonyl (C=O) groups excluding carboxylic acids is 1. The molecule has 0 amide bonds. The van der Waals surface area contributed by atoms with Gasteiger partial charge in [-0.15, -0.1) is 5.10 Å². The van der Waals surface area contributed by atoms with Crippen LogP contribution in [0.25, 0.3) is 0 Å². The van der Waals surface area contributed by atoms with Gasteiger partial charge in [-0.1, -0.05) is 12.1 Å². The highest BCUT2D eigenvalue weighted by molar-refractivity contribution is 5.78. The first-order valence-electron chi connectivity index (χ1n) is 5.06. The zero-order chi connectivity index (χ0) is 10.6. The minimum atomic E-state index is 0.282. The molecule has 0 fully saturated rings. The molecule has 0 unspecified atom stereocenters. The van der Waals surface area contributed by atoms with E-state index in [1.165, 1.54) is 0 Å². The minimum Gasteiger partial charge on any atom is -0.300 e. The molecular formula is C10H17N3O. The summed E-state index contributed by atoms with van der Waals surface area (Å²) in [4.78, 5) is 11.1. The van der Waals surface area contributed by atoms with E-state index in [1.807, 2.05) is 17.8 Å². The SMILES string of the molecule is CCC(=O)CCc1cn(C(C)C)nn1. The third-order valence-electron chi connectivity index (χ3n) is 2.14. The van der Waals surface area contributed by atoms with Gasteiger partial charge in [0.05, 0.1) is 5.69 Å². The fraction of sp³-hybridized carbons (Fsp3) is 0.700. The zero-order valence-electron chi connectivity index (χ0n) is 9.03. The van der Waals surface area contributed by atoms with Gasteiger partial charge in [-0.05, 0) is 20.3 Å². The van der Waals surface area contributed by atoms with Gasteiger partial charge in [0.1, 0.15) is 5.78 Å². The lowest BCUT2D eigenvalue weighted by Gasteiger charge is -2.00. The lowest BCUT2D eigenvalue weighted by molar-refractivity contribution is -0.118. The van der Waals surface area contributed by atoms with E-state index in [-0.39, 0.29) is 5.78 Å². The van der Waals surface area contributed by atoms with Crippen LogP contribution in [0.2, 0.25) is 0 Å². The maximum absolute atomic E-state index is 11.1. The Morgan fingerprint density at radius 2 is 2.29 bits per heavy atom. The standard InChI is InChI=1S/C10H17N3O/c1-4-10(14)6-5-9-7-13(8(2)3)12-11-9/h7-8H,4-6H2,1-3H3. The number of nitrogens with zero attached hydrogens (tertiary/aromatic N) is 3. The van der Waals surface area contributed by atoms with Gasteiger partial charge in [-0.2, -0.15) is 0 Å². The van der Waals surface area contributed by atoms with E-state index in [0.717, 1.165) is 5.69 Å². The van der Waals surface area contributed by atoms with E-state index in [1.54, 1.807) is 0 Å². The molecule has 4 nitrogen and oxygen atoms in total. The third kappa shape index (κ3) is 2.94. The highest BCUT2D eigenvalue weighted by Crippen LogP contribution is 2.05. The molecular weight excluding hydrogens is 178 g/mol. The second-order valence-corrected chi connectivity index (χ2v) is 3.68. The molecule has 0 saturated carbocycles. The number of rotatable bonds is 5. The van der Waals surface area contributed by atoms with Crippen LogP contribution in [-0.4, -0.2) is 20.8 Å². The second-order valence-electron chi connectivity index (χ2n) is 3.68. The summed E-state index contributed by atoms with van der Waals surface area (Å²) in [7, 11) is 0. The smallest absolute Gasteiger partial charge is 0.133 e. The van der Waals surface area contributed by atoms with Crippen molar-refractivity contribution in [3.05, 3.63) is 11.9 Å². The molecule has 0 N–H and O–H groups in total. The molecule has 0 aliphatic carbocycles. The fourth-order valence-corrected chi connectivity index (χ4v) is 1.12. The van der Waals surface area contributed by atoms with Crippen molar-refractivity contribution in [2.75, 3.05) is 0 Å². The molecule has 14 heavy (non-hydrogen) atoms. The van der Waals surface area contributed by atoms with Crippen LogP contribution < -0.4 is 0 Å². The molecule has 0 aliphatic heterocycles. The molecule has 0 bridgehead atoms. The van der Waals surface area contributed by atoms with Crippen LogP contribution in [0, 0.1) is 0 Å². The van der Waals surface area contributed by atoms with Crippen molar-refractivity contribution in [2.24, 2.45) is 0 Å². The molecule has 1 rings (SSSR count). The van der Waals surface area contributed by atoms with Crippen molar-refractivity contribution in [3.63, 3.8) is 0 Å². The van der Waals surface area contributed by atoms with Gasteiger partial charge in [0.2, 0.25) is 0 Å². The molecule has 78 valence electrons. The van der Waals surface area contributed by atoms with Crippen LogP contribution >= 0.6 is 0 Å². The second kappa shape index (κ2) is 4.88. The van der Waals surface area contributed by atoms with Gasteiger partial charge < -0.3 is 0 Å². The van der Waals surface area contributed by atoms with Crippen LogP contribution in [0.4, 0.5) is 0 Å². The molecule has 0 aromatic carbocycles. The molecule has 0 radical (unpaired) electrons. The Labute approximate surface area is 84.3 Å². The Morgan fingerprint density at radius 1 is 1.57 bits per heavy atom. The molecule has 4 heteroatoms. The maximum atomic E-state index is 11.1. The van der Waals surface area contributed by atoms with Crippen molar-refractivity contribution in [1.82, 2.24) is 15.0 Å². The minimum absolute atomic E-state index is 0.282. The number of hydrogen-bond donors (Lipinski definition) is 0. The number of aryl methyl sites for hydroxylation is 1. The summed E-state index contributed by atoms with van der Waals surface area (Å²) in [6, 6.07) is 0.332. The average molecular weight is 195 g/mol. The van der Waals surface area contributed by atoms with Crippen molar-refractivity contribution in [3.8, 4) is 0 Å². The molecule has 1 aromatic heterocycles. The summed E-state index contributed by atoms with van der Waals surface area (Å²) in [5, 5.41) is 7.98. The van der Waals surface area contributed by atoms with Crippen molar-refractivity contribution in [2.45, 2.75) is 46.1 Å². The lowest BCUT2D eigenvalue weighted by atomic mass is 10.1. The van der Waals surface area contributed by atoms with Gasteiger partial charge in [0.25, 0.3) is 0 Å². The van der Waals surface area contributed by atoms with Crippen LogP contribution in [-0.2, 0) is 11.2 Å². The summed E-state index contributed by atoms with van der Waals surface area (Å²) in [6.45, 7) is 5.98. The largest absolute Gasteiger partial charge is 0.300 e. The van der Waals surface area contributed by atoms with Crippen molar-refractivity contribution in [1.29, 1.82) is 0 Å². The first-order chi connectivity index (χ1) is 6.63. The van der Waals surface area contributed by atoms with E-state index in [0.29, 0.717) is 25.3 Å². The molecule has 0 atom stereocenters. The Bertz CT molecular complexity index is 304. The van der Waals surface area contributed by atoms with Gasteiger partial charge in [0.15, 0.2) is 0 Å². The lowest BCUT2D eigenvalue weighted by Crippen LogP contribution is -2.00. The predicted molar refractivity (Wildman–Crippen MR) is 54.0 cm³/mol. The average Bonchev–Trinajstić information content (AvgIpc) is 2.62. The van der Waals surface area contributed by atoms with Crippen molar-refractivity contribution < 1.29 is 4.79 Å². The first kappa shape index (κ1) is 10.9. The van der Waals surface area contributed by atoms with Gasteiger partial charge in [0, 0.05) is 25.1 Å². The van der Waals surface area contributed by atoms with Gasteiger partial charge >= 0.3 is 0 Å². The van der Waals surface area contributed by atoms with E-state index >= 15 is 0 Å². The first-order valence-corrected chi connectivity index (χ1v) is 5.06. The summed E-state index contributed by atoms with van der Waals surface area (Å²) < 4.78 is 1.81. The summed E-state index contributed by atoms with van der Waals surface area (Å²) >= 11 is 0. The predicted octanol–water partition coefficient (Wildman–Crippen LogP) is 1.77. The number of hydrogen-bond acceptors (Lipinski definition) is 3. The molecule has 1 heterocycles. The normalized spacial score (nSPS) is 10.9. The highest BCUT2D eigenvalue weighted by Gasteiger charge is 2.05. The quantitative estimate of drug-likeness (QED) is 0.719. The van der Waals surface area contributed by atoms with Crippen molar-refractivity contribution >= 4 is 5.78 Å². The maximum Gasteiger partial charge on any atom is 0.133 e. The molecule has 0 aliphatic rings. The van der Waals surface area contributed by atoms with E-state index in [9.17, 15) is 4.79 Å². The molecule has 0 spiro atoms.